The minimum atomic E-state index is 0.0844. The summed E-state index contributed by atoms with van der Waals surface area (Å²) in [7, 11) is 1.64. The molecule has 0 saturated carbocycles. The number of benzene rings is 1. The van der Waals surface area contributed by atoms with Gasteiger partial charge in [-0.1, -0.05) is 12.1 Å². The van der Waals surface area contributed by atoms with Gasteiger partial charge in [0.1, 0.15) is 5.75 Å². The number of aryl methyl sites for hydroxylation is 1. The van der Waals surface area contributed by atoms with E-state index in [4.69, 9.17) is 9.47 Å². The Morgan fingerprint density at radius 1 is 1.53 bits per heavy atom. The Kier molecular flexibility index (Phi) is 3.98. The van der Waals surface area contributed by atoms with Crippen molar-refractivity contribution in [1.29, 1.82) is 0 Å². The maximum Gasteiger partial charge on any atom is 0.220 e. The number of methoxy groups -OCH3 is 1. The van der Waals surface area contributed by atoms with Crippen LogP contribution in [0.25, 0.3) is 0 Å². The van der Waals surface area contributed by atoms with Crippen molar-refractivity contribution in [2.75, 3.05) is 20.3 Å². The van der Waals surface area contributed by atoms with Gasteiger partial charge in [-0.2, -0.15) is 0 Å². The Hall–Kier alpha value is -1.55. The van der Waals surface area contributed by atoms with Crippen LogP contribution in [-0.4, -0.2) is 32.3 Å². The molecule has 1 aliphatic heterocycles. The molecule has 4 heteroatoms. The molecule has 1 fully saturated rings. The van der Waals surface area contributed by atoms with Crippen molar-refractivity contribution in [2.24, 2.45) is 0 Å². The SMILES string of the molecule is COc1cccc(CCC(=O)NC2COC2)c1. The largest absolute Gasteiger partial charge is 0.497 e. The normalized spacial score (nSPS) is 15.1. The lowest BCUT2D eigenvalue weighted by atomic mass is 10.1. The number of amides is 1. The average Bonchev–Trinajstić information content (AvgIpc) is 2.31. The van der Waals surface area contributed by atoms with E-state index in [2.05, 4.69) is 5.32 Å². The number of ether oxygens (including phenoxy) is 2. The van der Waals surface area contributed by atoms with Gasteiger partial charge in [-0.15, -0.1) is 0 Å². The number of rotatable bonds is 5. The van der Waals surface area contributed by atoms with E-state index in [9.17, 15) is 4.79 Å². The van der Waals surface area contributed by atoms with Crippen molar-refractivity contribution in [1.82, 2.24) is 5.32 Å². The van der Waals surface area contributed by atoms with Crippen LogP contribution in [0.15, 0.2) is 24.3 Å². The van der Waals surface area contributed by atoms with E-state index in [1.165, 1.54) is 0 Å². The Bertz CT molecular complexity index is 388. The molecular formula is C13H17NO3. The van der Waals surface area contributed by atoms with E-state index in [-0.39, 0.29) is 11.9 Å². The summed E-state index contributed by atoms with van der Waals surface area (Å²) in [5, 5.41) is 2.92. The molecule has 1 saturated heterocycles. The van der Waals surface area contributed by atoms with Crippen LogP contribution in [0, 0.1) is 0 Å². The highest BCUT2D eigenvalue weighted by molar-refractivity contribution is 5.76. The first-order chi connectivity index (χ1) is 8.28. The molecular weight excluding hydrogens is 218 g/mol. The molecule has 1 heterocycles. The second kappa shape index (κ2) is 5.68. The van der Waals surface area contributed by atoms with Gasteiger partial charge < -0.3 is 14.8 Å². The molecule has 0 aromatic heterocycles. The van der Waals surface area contributed by atoms with Crippen molar-refractivity contribution < 1.29 is 14.3 Å². The summed E-state index contributed by atoms with van der Waals surface area (Å²) in [6.07, 6.45) is 1.24. The summed E-state index contributed by atoms with van der Waals surface area (Å²) in [6, 6.07) is 8.01. The van der Waals surface area contributed by atoms with Crippen LogP contribution in [0.2, 0.25) is 0 Å². The molecule has 0 spiro atoms. The quantitative estimate of drug-likeness (QED) is 0.832. The zero-order valence-corrected chi connectivity index (χ0v) is 9.94. The second-order valence-electron chi connectivity index (χ2n) is 4.15. The summed E-state index contributed by atoms with van der Waals surface area (Å²) in [5.41, 5.74) is 1.12. The molecule has 1 amide bonds. The minimum absolute atomic E-state index is 0.0844. The van der Waals surface area contributed by atoms with Crippen LogP contribution < -0.4 is 10.1 Å². The Morgan fingerprint density at radius 3 is 3.00 bits per heavy atom. The monoisotopic (exact) mass is 235 g/mol. The van der Waals surface area contributed by atoms with Crippen LogP contribution in [0.5, 0.6) is 5.75 Å². The first-order valence-electron chi connectivity index (χ1n) is 5.78. The van der Waals surface area contributed by atoms with Gasteiger partial charge in [-0.05, 0) is 24.1 Å². The maximum absolute atomic E-state index is 11.6. The van der Waals surface area contributed by atoms with E-state index in [1.54, 1.807) is 7.11 Å². The van der Waals surface area contributed by atoms with Gasteiger partial charge in [-0.25, -0.2) is 0 Å². The zero-order chi connectivity index (χ0) is 12.1. The predicted molar refractivity (Wildman–Crippen MR) is 64.1 cm³/mol. The Morgan fingerprint density at radius 2 is 2.35 bits per heavy atom. The summed E-state index contributed by atoms with van der Waals surface area (Å²) in [5.74, 6) is 0.913. The van der Waals surface area contributed by atoms with E-state index in [0.29, 0.717) is 19.6 Å². The van der Waals surface area contributed by atoms with Crippen LogP contribution in [-0.2, 0) is 16.0 Å². The number of carbonyl (C=O) groups excluding carboxylic acids is 1. The standard InChI is InChI=1S/C13H17NO3/c1-16-12-4-2-3-10(7-12)5-6-13(15)14-11-8-17-9-11/h2-4,7,11H,5-6,8-9H2,1H3,(H,14,15). The van der Waals surface area contributed by atoms with E-state index in [1.807, 2.05) is 24.3 Å². The van der Waals surface area contributed by atoms with E-state index >= 15 is 0 Å². The summed E-state index contributed by atoms with van der Waals surface area (Å²) in [6.45, 7) is 1.29. The summed E-state index contributed by atoms with van der Waals surface area (Å²) in [4.78, 5) is 11.6. The number of hydrogen-bond donors (Lipinski definition) is 1. The highest BCUT2D eigenvalue weighted by Gasteiger charge is 2.19. The fourth-order valence-corrected chi connectivity index (χ4v) is 1.70. The van der Waals surface area contributed by atoms with Crippen LogP contribution in [0.1, 0.15) is 12.0 Å². The van der Waals surface area contributed by atoms with Gasteiger partial charge in [0.2, 0.25) is 5.91 Å². The van der Waals surface area contributed by atoms with Gasteiger partial charge in [0, 0.05) is 6.42 Å². The van der Waals surface area contributed by atoms with E-state index in [0.717, 1.165) is 17.7 Å². The topological polar surface area (TPSA) is 47.6 Å². The van der Waals surface area contributed by atoms with E-state index < -0.39 is 0 Å². The molecule has 0 radical (unpaired) electrons. The Balaban J connectivity index is 1.77. The summed E-state index contributed by atoms with van der Waals surface area (Å²) >= 11 is 0. The smallest absolute Gasteiger partial charge is 0.220 e. The van der Waals surface area contributed by atoms with Crippen molar-refractivity contribution >= 4 is 5.91 Å². The molecule has 2 rings (SSSR count). The minimum Gasteiger partial charge on any atom is -0.497 e. The first kappa shape index (κ1) is 11.9. The van der Waals surface area contributed by atoms with Crippen LogP contribution >= 0.6 is 0 Å². The number of carbonyl (C=O) groups is 1. The molecule has 1 aliphatic rings. The molecule has 0 unspecified atom stereocenters. The molecule has 92 valence electrons. The molecule has 1 aromatic carbocycles. The van der Waals surface area contributed by atoms with Crippen molar-refractivity contribution in [3.8, 4) is 5.75 Å². The maximum atomic E-state index is 11.6. The molecule has 1 N–H and O–H groups in total. The number of hydrogen-bond acceptors (Lipinski definition) is 3. The predicted octanol–water partition coefficient (Wildman–Crippen LogP) is 1.14. The van der Waals surface area contributed by atoms with Gasteiger partial charge >= 0.3 is 0 Å². The fraction of sp³-hybridized carbons (Fsp3) is 0.462. The molecule has 4 nitrogen and oxygen atoms in total. The Labute approximate surface area is 101 Å². The second-order valence-corrected chi connectivity index (χ2v) is 4.15. The van der Waals surface area contributed by atoms with Crippen LogP contribution in [0.3, 0.4) is 0 Å². The van der Waals surface area contributed by atoms with Gasteiger partial charge in [0.15, 0.2) is 0 Å². The van der Waals surface area contributed by atoms with Gasteiger partial charge in [0.05, 0.1) is 26.4 Å². The molecule has 17 heavy (non-hydrogen) atoms. The first-order valence-corrected chi connectivity index (χ1v) is 5.78. The lowest BCUT2D eigenvalue weighted by molar-refractivity contribution is -0.125. The highest BCUT2D eigenvalue weighted by Crippen LogP contribution is 2.13. The molecule has 0 bridgehead atoms. The third-order valence-corrected chi connectivity index (χ3v) is 2.78. The molecule has 0 atom stereocenters. The molecule has 1 aromatic rings. The summed E-state index contributed by atoms with van der Waals surface area (Å²) < 4.78 is 10.1. The lowest BCUT2D eigenvalue weighted by Gasteiger charge is -2.26. The lowest BCUT2D eigenvalue weighted by Crippen LogP contribution is -2.48. The third-order valence-electron chi connectivity index (χ3n) is 2.78. The van der Waals surface area contributed by atoms with Gasteiger partial charge in [0.25, 0.3) is 0 Å². The van der Waals surface area contributed by atoms with Crippen molar-refractivity contribution in [3.05, 3.63) is 29.8 Å². The number of nitrogens with one attached hydrogen (secondary N) is 1. The van der Waals surface area contributed by atoms with Crippen LogP contribution in [0.4, 0.5) is 0 Å². The van der Waals surface area contributed by atoms with Crippen molar-refractivity contribution in [2.45, 2.75) is 18.9 Å². The zero-order valence-electron chi connectivity index (χ0n) is 9.94. The average molecular weight is 235 g/mol. The third kappa shape index (κ3) is 3.46. The van der Waals surface area contributed by atoms with Gasteiger partial charge in [-0.3, -0.25) is 4.79 Å². The highest BCUT2D eigenvalue weighted by atomic mass is 16.5. The fourth-order valence-electron chi connectivity index (χ4n) is 1.70. The molecule has 0 aliphatic carbocycles. The van der Waals surface area contributed by atoms with Crippen molar-refractivity contribution in [3.63, 3.8) is 0 Å².